The molecule has 0 saturated carbocycles. The van der Waals surface area contributed by atoms with Crippen LogP contribution in [0, 0.1) is 0 Å². The quantitative estimate of drug-likeness (QED) is 0.703. The van der Waals surface area contributed by atoms with Crippen LogP contribution in [0.5, 0.6) is 5.75 Å². The number of hydrogen-bond donors (Lipinski definition) is 0. The molecule has 5 heteroatoms. The second-order valence-electron chi connectivity index (χ2n) is 3.25. The molecule has 90 valence electrons. The summed E-state index contributed by atoms with van der Waals surface area (Å²) in [6, 6.07) is 5.15. The van der Waals surface area contributed by atoms with Crippen LogP contribution in [0.2, 0.25) is 0 Å². The average Bonchev–Trinajstić information content (AvgIpc) is 2.26. The first-order valence-electron chi connectivity index (χ1n) is 4.86. The molecule has 0 aliphatic heterocycles. The van der Waals surface area contributed by atoms with E-state index in [9.17, 15) is 8.78 Å². The van der Waals surface area contributed by atoms with E-state index in [2.05, 4.69) is 4.74 Å². The van der Waals surface area contributed by atoms with Crippen LogP contribution in [0.15, 0.2) is 18.2 Å². The highest BCUT2D eigenvalue weighted by Crippen LogP contribution is 2.24. The third-order valence-electron chi connectivity index (χ3n) is 2.09. The third kappa shape index (κ3) is 4.14. The second-order valence-corrected chi connectivity index (χ2v) is 3.89. The van der Waals surface area contributed by atoms with E-state index in [1.807, 2.05) is 6.07 Å². The minimum atomic E-state index is -2.83. The van der Waals surface area contributed by atoms with E-state index in [0.29, 0.717) is 11.4 Å². The van der Waals surface area contributed by atoms with Crippen LogP contribution in [0.3, 0.4) is 0 Å². The standard InChI is InChI=1S/C11H12Cl2F2O/c12-5-1-2-8-3-4-9(7-13)10(6-8)16-11(14)15/h3-4,6,11H,1-2,5,7H2. The van der Waals surface area contributed by atoms with E-state index in [4.69, 9.17) is 23.2 Å². The SMILES string of the molecule is FC(F)Oc1cc(CCCCl)ccc1CCl. The number of ether oxygens (including phenoxy) is 1. The molecular formula is C11H12Cl2F2O. The van der Waals surface area contributed by atoms with Crippen molar-refractivity contribution in [1.29, 1.82) is 0 Å². The number of aryl methyl sites for hydroxylation is 1. The average molecular weight is 269 g/mol. The summed E-state index contributed by atoms with van der Waals surface area (Å²) in [6.07, 6.45) is 1.54. The monoisotopic (exact) mass is 268 g/mol. The van der Waals surface area contributed by atoms with Crippen molar-refractivity contribution >= 4 is 23.2 Å². The number of benzene rings is 1. The van der Waals surface area contributed by atoms with Gasteiger partial charge in [0, 0.05) is 11.4 Å². The largest absolute Gasteiger partial charge is 0.434 e. The van der Waals surface area contributed by atoms with Crippen LogP contribution in [0.4, 0.5) is 8.78 Å². The van der Waals surface area contributed by atoms with Crippen molar-refractivity contribution < 1.29 is 13.5 Å². The van der Waals surface area contributed by atoms with Crippen LogP contribution >= 0.6 is 23.2 Å². The van der Waals surface area contributed by atoms with Crippen molar-refractivity contribution in [3.8, 4) is 5.75 Å². The van der Waals surface area contributed by atoms with Crippen LogP contribution in [0.1, 0.15) is 17.5 Å². The molecule has 0 N–H and O–H groups in total. The third-order valence-corrected chi connectivity index (χ3v) is 2.65. The van der Waals surface area contributed by atoms with Crippen LogP contribution < -0.4 is 4.74 Å². The summed E-state index contributed by atoms with van der Waals surface area (Å²) in [7, 11) is 0. The lowest BCUT2D eigenvalue weighted by molar-refractivity contribution is -0.0503. The van der Waals surface area contributed by atoms with Gasteiger partial charge >= 0.3 is 6.61 Å². The first-order chi connectivity index (χ1) is 7.67. The summed E-state index contributed by atoms with van der Waals surface area (Å²) in [6.45, 7) is -2.83. The first-order valence-corrected chi connectivity index (χ1v) is 5.92. The van der Waals surface area contributed by atoms with E-state index in [0.717, 1.165) is 18.4 Å². The highest BCUT2D eigenvalue weighted by molar-refractivity contribution is 6.17. The predicted octanol–water partition coefficient (Wildman–Crippen LogP) is 4.20. The lowest BCUT2D eigenvalue weighted by Gasteiger charge is -2.10. The Labute approximate surface area is 103 Å². The molecule has 1 nitrogen and oxygen atoms in total. The fourth-order valence-electron chi connectivity index (χ4n) is 1.34. The fourth-order valence-corrected chi connectivity index (χ4v) is 1.70. The molecule has 0 aromatic heterocycles. The molecule has 0 unspecified atom stereocenters. The van der Waals surface area contributed by atoms with Gasteiger partial charge in [0.2, 0.25) is 0 Å². The van der Waals surface area contributed by atoms with Crippen molar-refractivity contribution in [2.24, 2.45) is 0 Å². The summed E-state index contributed by atoms with van der Waals surface area (Å²) < 4.78 is 28.7. The van der Waals surface area contributed by atoms with Gasteiger partial charge < -0.3 is 4.74 Å². The zero-order valence-electron chi connectivity index (χ0n) is 8.56. The maximum atomic E-state index is 12.1. The highest BCUT2D eigenvalue weighted by atomic mass is 35.5. The van der Waals surface area contributed by atoms with Gasteiger partial charge in [-0.05, 0) is 24.5 Å². The minimum Gasteiger partial charge on any atom is -0.434 e. The molecule has 0 amide bonds. The molecule has 1 aromatic rings. The maximum Gasteiger partial charge on any atom is 0.387 e. The van der Waals surface area contributed by atoms with Gasteiger partial charge in [-0.3, -0.25) is 0 Å². The Bertz CT molecular complexity index is 332. The fraction of sp³-hybridized carbons (Fsp3) is 0.455. The van der Waals surface area contributed by atoms with Crippen molar-refractivity contribution in [2.75, 3.05) is 5.88 Å². The van der Waals surface area contributed by atoms with Gasteiger partial charge in [0.25, 0.3) is 0 Å². The van der Waals surface area contributed by atoms with Gasteiger partial charge in [-0.1, -0.05) is 12.1 Å². The number of rotatable bonds is 6. The molecule has 0 bridgehead atoms. The van der Waals surface area contributed by atoms with Gasteiger partial charge in [-0.15, -0.1) is 23.2 Å². The summed E-state index contributed by atoms with van der Waals surface area (Å²) >= 11 is 11.2. The molecule has 16 heavy (non-hydrogen) atoms. The van der Waals surface area contributed by atoms with Gasteiger partial charge in [0.1, 0.15) is 5.75 Å². The second kappa shape index (κ2) is 6.92. The molecule has 0 fully saturated rings. The minimum absolute atomic E-state index is 0.150. The molecule has 0 saturated heterocycles. The Morgan fingerprint density at radius 2 is 2.00 bits per heavy atom. The number of halogens is 4. The van der Waals surface area contributed by atoms with E-state index in [1.54, 1.807) is 12.1 Å². The van der Waals surface area contributed by atoms with Crippen LogP contribution in [-0.2, 0) is 12.3 Å². The molecule has 0 aliphatic rings. The van der Waals surface area contributed by atoms with Gasteiger partial charge in [-0.2, -0.15) is 8.78 Å². The number of hydrogen-bond acceptors (Lipinski definition) is 1. The van der Waals surface area contributed by atoms with Gasteiger partial charge in [0.05, 0.1) is 5.88 Å². The van der Waals surface area contributed by atoms with Crippen molar-refractivity contribution in [1.82, 2.24) is 0 Å². The zero-order chi connectivity index (χ0) is 12.0. The van der Waals surface area contributed by atoms with Crippen molar-refractivity contribution in [3.05, 3.63) is 29.3 Å². The number of alkyl halides is 4. The van der Waals surface area contributed by atoms with Crippen LogP contribution in [-0.4, -0.2) is 12.5 Å². The molecule has 0 spiro atoms. The molecule has 0 atom stereocenters. The predicted molar refractivity (Wildman–Crippen MR) is 61.7 cm³/mol. The normalized spacial score (nSPS) is 10.8. The van der Waals surface area contributed by atoms with Gasteiger partial charge in [-0.25, -0.2) is 0 Å². The summed E-state index contributed by atoms with van der Waals surface area (Å²) in [5.74, 6) is 0.845. The highest BCUT2D eigenvalue weighted by Gasteiger charge is 2.09. The van der Waals surface area contributed by atoms with E-state index < -0.39 is 6.61 Å². The smallest absolute Gasteiger partial charge is 0.387 e. The topological polar surface area (TPSA) is 9.23 Å². The van der Waals surface area contributed by atoms with Crippen LogP contribution in [0.25, 0.3) is 0 Å². The lowest BCUT2D eigenvalue weighted by atomic mass is 10.1. The van der Waals surface area contributed by atoms with Gasteiger partial charge in [0.15, 0.2) is 0 Å². The van der Waals surface area contributed by atoms with E-state index in [-0.39, 0.29) is 11.6 Å². The van der Waals surface area contributed by atoms with E-state index >= 15 is 0 Å². The lowest BCUT2D eigenvalue weighted by Crippen LogP contribution is -2.04. The Balaban J connectivity index is 2.83. The molecule has 1 rings (SSSR count). The molecule has 0 radical (unpaired) electrons. The molecule has 1 aromatic carbocycles. The van der Waals surface area contributed by atoms with Crippen molar-refractivity contribution in [2.45, 2.75) is 25.3 Å². The maximum absolute atomic E-state index is 12.1. The summed E-state index contributed by atoms with van der Waals surface area (Å²) in [5.41, 5.74) is 1.49. The summed E-state index contributed by atoms with van der Waals surface area (Å²) in [5, 5.41) is 0. The summed E-state index contributed by atoms with van der Waals surface area (Å²) in [4.78, 5) is 0. The molecular weight excluding hydrogens is 257 g/mol. The molecule has 0 heterocycles. The zero-order valence-corrected chi connectivity index (χ0v) is 10.1. The molecule has 0 aliphatic carbocycles. The first kappa shape index (κ1) is 13.5. The Kier molecular flexibility index (Phi) is 5.85. The van der Waals surface area contributed by atoms with E-state index in [1.165, 1.54) is 0 Å². The Morgan fingerprint density at radius 3 is 2.56 bits per heavy atom. The van der Waals surface area contributed by atoms with Crippen molar-refractivity contribution in [3.63, 3.8) is 0 Å². The Morgan fingerprint density at radius 1 is 1.25 bits per heavy atom. The Hall–Kier alpha value is -0.540.